The summed E-state index contributed by atoms with van der Waals surface area (Å²) in [5, 5.41) is 0. The van der Waals surface area contributed by atoms with Crippen molar-refractivity contribution >= 4 is 0 Å². The summed E-state index contributed by atoms with van der Waals surface area (Å²) >= 11 is 0. The highest BCUT2D eigenvalue weighted by molar-refractivity contribution is 5.27. The molecule has 1 atom stereocenters. The van der Waals surface area contributed by atoms with Crippen LogP contribution in [0.25, 0.3) is 0 Å². The number of piperazine rings is 1. The zero-order valence-corrected chi connectivity index (χ0v) is 14.3. The number of likely N-dealkylation sites (tertiary alicyclic amines) is 1. The Bertz CT molecular complexity index is 466. The summed E-state index contributed by atoms with van der Waals surface area (Å²) in [5.74, 6) is 0. The Labute approximate surface area is 135 Å². The van der Waals surface area contributed by atoms with E-state index in [2.05, 4.69) is 52.8 Å². The van der Waals surface area contributed by atoms with Gasteiger partial charge in [0.15, 0.2) is 0 Å². The molecular formula is C19H31N3. The first-order valence-corrected chi connectivity index (χ1v) is 9.05. The third-order valence-corrected chi connectivity index (χ3v) is 5.51. The van der Waals surface area contributed by atoms with Gasteiger partial charge in [0.2, 0.25) is 0 Å². The Morgan fingerprint density at radius 1 is 0.909 bits per heavy atom. The van der Waals surface area contributed by atoms with Crippen molar-refractivity contribution in [3.8, 4) is 0 Å². The number of hydrogen-bond donors (Lipinski definition) is 0. The Hall–Kier alpha value is -0.900. The maximum absolute atomic E-state index is 2.73. The van der Waals surface area contributed by atoms with Crippen molar-refractivity contribution in [3.63, 3.8) is 0 Å². The van der Waals surface area contributed by atoms with Crippen LogP contribution in [0.3, 0.4) is 0 Å². The molecule has 1 aromatic carbocycles. The molecule has 22 heavy (non-hydrogen) atoms. The highest BCUT2D eigenvalue weighted by Crippen LogP contribution is 2.21. The number of benzene rings is 1. The fraction of sp³-hybridized carbons (Fsp3) is 0.684. The van der Waals surface area contributed by atoms with Crippen LogP contribution in [0.5, 0.6) is 0 Å². The van der Waals surface area contributed by atoms with Crippen LogP contribution in [0.2, 0.25) is 0 Å². The second-order valence-corrected chi connectivity index (χ2v) is 6.77. The number of aryl methyl sites for hydroxylation is 1. The quantitative estimate of drug-likeness (QED) is 0.827. The zero-order valence-electron chi connectivity index (χ0n) is 14.3. The van der Waals surface area contributed by atoms with Crippen molar-refractivity contribution in [1.82, 2.24) is 14.7 Å². The molecule has 0 N–H and O–H groups in total. The maximum atomic E-state index is 2.73. The van der Waals surface area contributed by atoms with Crippen LogP contribution in [0.15, 0.2) is 24.3 Å². The standard InChI is InChI=1S/C19H31N3/c1-3-17-7-5-6-8-18(17)15-21-10-9-19(16-21)22-13-11-20(4-2)12-14-22/h5-8,19H,3-4,9-16H2,1-2H3/t19-/m1/s1. The third-order valence-electron chi connectivity index (χ3n) is 5.51. The fourth-order valence-corrected chi connectivity index (χ4v) is 4.00. The minimum absolute atomic E-state index is 0.785. The van der Waals surface area contributed by atoms with Gasteiger partial charge in [0, 0.05) is 51.9 Å². The van der Waals surface area contributed by atoms with E-state index in [0.717, 1.165) is 19.0 Å². The molecule has 0 radical (unpaired) electrons. The van der Waals surface area contributed by atoms with Gasteiger partial charge in [-0.1, -0.05) is 38.1 Å². The van der Waals surface area contributed by atoms with Gasteiger partial charge in [-0.3, -0.25) is 9.80 Å². The number of nitrogens with zero attached hydrogens (tertiary/aromatic N) is 3. The van der Waals surface area contributed by atoms with Gasteiger partial charge in [-0.15, -0.1) is 0 Å². The Morgan fingerprint density at radius 2 is 1.64 bits per heavy atom. The van der Waals surface area contributed by atoms with Crippen molar-refractivity contribution in [2.45, 2.75) is 39.3 Å². The van der Waals surface area contributed by atoms with E-state index in [0.29, 0.717) is 0 Å². The molecule has 0 aliphatic carbocycles. The number of hydrogen-bond acceptors (Lipinski definition) is 3. The van der Waals surface area contributed by atoms with E-state index in [1.165, 1.54) is 63.4 Å². The van der Waals surface area contributed by atoms with Gasteiger partial charge in [0.1, 0.15) is 0 Å². The average Bonchev–Trinajstić information content (AvgIpc) is 3.04. The molecule has 0 spiro atoms. The molecule has 0 amide bonds. The van der Waals surface area contributed by atoms with Gasteiger partial charge in [-0.05, 0) is 30.5 Å². The molecule has 1 aromatic rings. The minimum Gasteiger partial charge on any atom is -0.301 e. The number of rotatable bonds is 5. The van der Waals surface area contributed by atoms with Gasteiger partial charge in [0.25, 0.3) is 0 Å². The van der Waals surface area contributed by atoms with Crippen molar-refractivity contribution < 1.29 is 0 Å². The van der Waals surface area contributed by atoms with E-state index in [4.69, 9.17) is 0 Å². The third kappa shape index (κ3) is 3.70. The first kappa shape index (κ1) is 16.0. The Balaban J connectivity index is 1.52. The highest BCUT2D eigenvalue weighted by Gasteiger charge is 2.29. The lowest BCUT2D eigenvalue weighted by Crippen LogP contribution is -2.50. The molecular weight excluding hydrogens is 270 g/mol. The van der Waals surface area contributed by atoms with E-state index >= 15 is 0 Å². The zero-order chi connectivity index (χ0) is 15.4. The Kier molecular flexibility index (Phi) is 5.51. The molecule has 0 unspecified atom stereocenters. The molecule has 3 nitrogen and oxygen atoms in total. The van der Waals surface area contributed by atoms with Gasteiger partial charge in [0.05, 0.1) is 0 Å². The first-order valence-electron chi connectivity index (χ1n) is 9.05. The van der Waals surface area contributed by atoms with Crippen LogP contribution >= 0.6 is 0 Å². The average molecular weight is 301 g/mol. The van der Waals surface area contributed by atoms with Gasteiger partial charge in [-0.2, -0.15) is 0 Å². The van der Waals surface area contributed by atoms with Crippen LogP contribution in [-0.2, 0) is 13.0 Å². The molecule has 122 valence electrons. The van der Waals surface area contributed by atoms with Gasteiger partial charge >= 0.3 is 0 Å². The minimum atomic E-state index is 0.785. The van der Waals surface area contributed by atoms with Crippen LogP contribution < -0.4 is 0 Å². The monoisotopic (exact) mass is 301 g/mol. The predicted octanol–water partition coefficient (Wildman–Crippen LogP) is 2.46. The largest absolute Gasteiger partial charge is 0.301 e. The molecule has 2 heterocycles. The summed E-state index contributed by atoms with van der Waals surface area (Å²) < 4.78 is 0. The molecule has 0 aromatic heterocycles. The van der Waals surface area contributed by atoms with Crippen LogP contribution in [-0.4, -0.2) is 66.6 Å². The van der Waals surface area contributed by atoms with E-state index in [1.54, 1.807) is 0 Å². The molecule has 2 saturated heterocycles. The van der Waals surface area contributed by atoms with Crippen LogP contribution in [0.1, 0.15) is 31.4 Å². The van der Waals surface area contributed by atoms with E-state index in [1.807, 2.05) is 0 Å². The molecule has 3 rings (SSSR count). The molecule has 2 aliphatic rings. The first-order chi connectivity index (χ1) is 10.8. The van der Waals surface area contributed by atoms with Crippen LogP contribution in [0, 0.1) is 0 Å². The normalized spacial score (nSPS) is 24.9. The fourth-order valence-electron chi connectivity index (χ4n) is 4.00. The summed E-state index contributed by atoms with van der Waals surface area (Å²) in [6, 6.07) is 9.74. The highest BCUT2D eigenvalue weighted by atomic mass is 15.3. The SMILES string of the molecule is CCc1ccccc1CN1CC[C@@H](N2CCN(CC)CC2)C1. The summed E-state index contributed by atoms with van der Waals surface area (Å²) in [4.78, 5) is 7.96. The predicted molar refractivity (Wildman–Crippen MR) is 93.2 cm³/mol. The van der Waals surface area contributed by atoms with Gasteiger partial charge < -0.3 is 4.90 Å². The summed E-state index contributed by atoms with van der Waals surface area (Å²) in [5.41, 5.74) is 3.05. The van der Waals surface area contributed by atoms with Crippen molar-refractivity contribution in [1.29, 1.82) is 0 Å². The topological polar surface area (TPSA) is 9.72 Å². The van der Waals surface area contributed by atoms with Crippen molar-refractivity contribution in [2.24, 2.45) is 0 Å². The maximum Gasteiger partial charge on any atom is 0.0237 e. The van der Waals surface area contributed by atoms with Crippen LogP contribution in [0.4, 0.5) is 0 Å². The number of likely N-dealkylation sites (N-methyl/N-ethyl adjacent to an activating group) is 1. The smallest absolute Gasteiger partial charge is 0.0237 e. The molecule has 0 saturated carbocycles. The second kappa shape index (κ2) is 7.58. The lowest BCUT2D eigenvalue weighted by atomic mass is 10.1. The molecule has 0 bridgehead atoms. The Morgan fingerprint density at radius 3 is 2.32 bits per heavy atom. The summed E-state index contributed by atoms with van der Waals surface area (Å²) in [6.07, 6.45) is 2.49. The molecule has 2 aliphatic heterocycles. The lowest BCUT2D eigenvalue weighted by Gasteiger charge is -2.37. The molecule has 2 fully saturated rings. The van der Waals surface area contributed by atoms with Gasteiger partial charge in [-0.25, -0.2) is 0 Å². The lowest BCUT2D eigenvalue weighted by molar-refractivity contribution is 0.101. The van der Waals surface area contributed by atoms with E-state index in [9.17, 15) is 0 Å². The molecule has 3 heteroatoms. The summed E-state index contributed by atoms with van der Waals surface area (Å²) in [7, 11) is 0. The van der Waals surface area contributed by atoms with E-state index < -0.39 is 0 Å². The summed E-state index contributed by atoms with van der Waals surface area (Å²) in [6.45, 7) is 14.4. The second-order valence-electron chi connectivity index (χ2n) is 6.77. The van der Waals surface area contributed by atoms with E-state index in [-0.39, 0.29) is 0 Å². The van der Waals surface area contributed by atoms with Crippen molar-refractivity contribution in [3.05, 3.63) is 35.4 Å². The van der Waals surface area contributed by atoms with Crippen molar-refractivity contribution in [2.75, 3.05) is 45.8 Å².